The summed E-state index contributed by atoms with van der Waals surface area (Å²) in [7, 11) is -3.60. The second kappa shape index (κ2) is 6.23. The van der Waals surface area contributed by atoms with Crippen molar-refractivity contribution >= 4 is 21.7 Å². The van der Waals surface area contributed by atoms with Crippen LogP contribution in [-0.2, 0) is 14.3 Å². The van der Waals surface area contributed by atoms with Gasteiger partial charge < -0.3 is 0 Å². The van der Waals surface area contributed by atoms with E-state index in [1.807, 2.05) is 6.92 Å². The van der Waals surface area contributed by atoms with E-state index in [2.05, 4.69) is 0 Å². The first kappa shape index (κ1) is 13.5. The van der Waals surface area contributed by atoms with Crippen LogP contribution >= 0.6 is 11.6 Å². The summed E-state index contributed by atoms with van der Waals surface area (Å²) in [6.45, 7) is 2.04. The molecule has 1 rings (SSSR count). The van der Waals surface area contributed by atoms with Crippen molar-refractivity contribution in [1.29, 1.82) is 0 Å². The topological polar surface area (TPSA) is 43.4 Å². The zero-order chi connectivity index (χ0) is 12.0. The minimum atomic E-state index is -3.60. The maximum Gasteiger partial charge on any atom is 0.296 e. The van der Waals surface area contributed by atoms with E-state index >= 15 is 0 Å². The second-order valence-electron chi connectivity index (χ2n) is 3.51. The molecule has 0 aliphatic rings. The molecule has 0 aliphatic heterocycles. The second-order valence-corrected chi connectivity index (χ2v) is 5.87. The molecular formula is C11H15ClO3S. The Bertz CT molecular complexity index is 400. The smallest absolute Gasteiger partial charge is 0.266 e. The van der Waals surface area contributed by atoms with Crippen molar-refractivity contribution < 1.29 is 12.6 Å². The van der Waals surface area contributed by atoms with Gasteiger partial charge in [0.2, 0.25) is 0 Å². The Morgan fingerprint density at radius 2 is 1.94 bits per heavy atom. The molecule has 16 heavy (non-hydrogen) atoms. The van der Waals surface area contributed by atoms with Gasteiger partial charge in [0.1, 0.15) is 0 Å². The van der Waals surface area contributed by atoms with Gasteiger partial charge in [-0.3, -0.25) is 4.18 Å². The van der Waals surface area contributed by atoms with Gasteiger partial charge in [0, 0.05) is 5.38 Å². The number of benzene rings is 1. The summed E-state index contributed by atoms with van der Waals surface area (Å²) in [6, 6.07) is 8.11. The zero-order valence-corrected chi connectivity index (χ0v) is 10.7. The highest BCUT2D eigenvalue weighted by Crippen LogP contribution is 2.12. The molecule has 0 N–H and O–H groups in total. The van der Waals surface area contributed by atoms with E-state index in [0.717, 1.165) is 6.42 Å². The molecule has 1 atom stereocenters. The Balaban J connectivity index is 2.48. The summed E-state index contributed by atoms with van der Waals surface area (Å²) < 4.78 is 28.1. The lowest BCUT2D eigenvalue weighted by Crippen LogP contribution is -2.08. The molecular weight excluding hydrogens is 248 g/mol. The average Bonchev–Trinajstić information content (AvgIpc) is 2.26. The molecule has 0 aliphatic carbocycles. The van der Waals surface area contributed by atoms with E-state index in [1.165, 1.54) is 12.1 Å². The van der Waals surface area contributed by atoms with Crippen LogP contribution in [0.25, 0.3) is 0 Å². The van der Waals surface area contributed by atoms with Crippen molar-refractivity contribution in [3.05, 3.63) is 30.3 Å². The van der Waals surface area contributed by atoms with Gasteiger partial charge in [0.15, 0.2) is 0 Å². The third kappa shape index (κ3) is 4.51. The molecule has 0 aromatic heterocycles. The molecule has 0 saturated heterocycles. The minimum absolute atomic E-state index is 0.0445. The fraction of sp³-hybridized carbons (Fsp3) is 0.455. The molecule has 0 bridgehead atoms. The van der Waals surface area contributed by atoms with Crippen molar-refractivity contribution in [2.45, 2.75) is 30.0 Å². The van der Waals surface area contributed by atoms with Crippen molar-refractivity contribution in [2.75, 3.05) is 6.61 Å². The standard InChI is InChI=1S/C11H15ClO3S/c1-10(12)6-5-9-15-16(13,14)11-7-3-2-4-8-11/h2-4,7-8,10H,5-6,9H2,1H3. The lowest BCUT2D eigenvalue weighted by molar-refractivity contribution is 0.308. The molecule has 5 heteroatoms. The Morgan fingerprint density at radius 1 is 1.31 bits per heavy atom. The summed E-state index contributed by atoms with van der Waals surface area (Å²) in [5, 5.41) is 0.0445. The molecule has 0 radical (unpaired) electrons. The van der Waals surface area contributed by atoms with Crippen molar-refractivity contribution in [1.82, 2.24) is 0 Å². The van der Waals surface area contributed by atoms with Gasteiger partial charge in [-0.25, -0.2) is 0 Å². The minimum Gasteiger partial charge on any atom is -0.266 e. The molecule has 0 saturated carbocycles. The van der Waals surface area contributed by atoms with Crippen molar-refractivity contribution in [2.24, 2.45) is 0 Å². The maximum atomic E-state index is 11.6. The van der Waals surface area contributed by atoms with Crippen LogP contribution < -0.4 is 0 Å². The van der Waals surface area contributed by atoms with E-state index < -0.39 is 10.1 Å². The molecule has 1 aromatic carbocycles. The van der Waals surface area contributed by atoms with Crippen LogP contribution in [0.5, 0.6) is 0 Å². The monoisotopic (exact) mass is 262 g/mol. The van der Waals surface area contributed by atoms with Crippen molar-refractivity contribution in [3.8, 4) is 0 Å². The number of hydrogen-bond donors (Lipinski definition) is 0. The van der Waals surface area contributed by atoms with E-state index in [0.29, 0.717) is 6.42 Å². The number of alkyl halides is 1. The normalized spacial score (nSPS) is 13.6. The quantitative estimate of drug-likeness (QED) is 0.450. The highest BCUT2D eigenvalue weighted by atomic mass is 35.5. The lowest BCUT2D eigenvalue weighted by atomic mass is 10.3. The van der Waals surface area contributed by atoms with Crippen LogP contribution in [0, 0.1) is 0 Å². The summed E-state index contributed by atoms with van der Waals surface area (Å²) in [5.74, 6) is 0. The predicted octanol–water partition coefficient (Wildman–Crippen LogP) is 2.80. The van der Waals surface area contributed by atoms with Crippen LogP contribution in [0.2, 0.25) is 0 Å². The summed E-state index contributed by atoms with van der Waals surface area (Å²) >= 11 is 5.74. The average molecular weight is 263 g/mol. The molecule has 3 nitrogen and oxygen atoms in total. The van der Waals surface area contributed by atoms with Gasteiger partial charge in [-0.2, -0.15) is 8.42 Å². The number of halogens is 1. The summed E-state index contributed by atoms with van der Waals surface area (Å²) in [5.41, 5.74) is 0. The summed E-state index contributed by atoms with van der Waals surface area (Å²) in [4.78, 5) is 0.189. The SMILES string of the molecule is CC(Cl)CCCOS(=O)(=O)c1ccccc1. The van der Waals surface area contributed by atoms with Crippen LogP contribution in [0.3, 0.4) is 0 Å². The van der Waals surface area contributed by atoms with Gasteiger partial charge in [-0.05, 0) is 31.9 Å². The van der Waals surface area contributed by atoms with Crippen LogP contribution in [0.15, 0.2) is 35.2 Å². The van der Waals surface area contributed by atoms with Gasteiger partial charge >= 0.3 is 0 Å². The van der Waals surface area contributed by atoms with Gasteiger partial charge in [-0.15, -0.1) is 11.6 Å². The van der Waals surface area contributed by atoms with E-state index in [1.54, 1.807) is 18.2 Å². The Kier molecular flexibility index (Phi) is 5.25. The van der Waals surface area contributed by atoms with Gasteiger partial charge in [0.05, 0.1) is 11.5 Å². The summed E-state index contributed by atoms with van der Waals surface area (Å²) in [6.07, 6.45) is 1.38. The third-order valence-electron chi connectivity index (χ3n) is 2.02. The third-order valence-corrected chi connectivity index (χ3v) is 3.56. The fourth-order valence-corrected chi connectivity index (χ4v) is 2.31. The predicted molar refractivity (Wildman–Crippen MR) is 64.1 cm³/mol. The van der Waals surface area contributed by atoms with Crippen molar-refractivity contribution in [3.63, 3.8) is 0 Å². The lowest BCUT2D eigenvalue weighted by Gasteiger charge is -2.06. The maximum absolute atomic E-state index is 11.6. The molecule has 0 heterocycles. The van der Waals surface area contributed by atoms with Gasteiger partial charge in [-0.1, -0.05) is 18.2 Å². The number of hydrogen-bond acceptors (Lipinski definition) is 3. The molecule has 0 spiro atoms. The van der Waals surface area contributed by atoms with Crippen LogP contribution in [0.4, 0.5) is 0 Å². The molecule has 0 fully saturated rings. The van der Waals surface area contributed by atoms with E-state index in [4.69, 9.17) is 15.8 Å². The Hall–Kier alpha value is -0.580. The highest BCUT2D eigenvalue weighted by molar-refractivity contribution is 7.86. The molecule has 90 valence electrons. The van der Waals surface area contributed by atoms with E-state index in [9.17, 15) is 8.42 Å². The first-order chi connectivity index (χ1) is 7.52. The van der Waals surface area contributed by atoms with Gasteiger partial charge in [0.25, 0.3) is 10.1 Å². The molecule has 1 aromatic rings. The van der Waals surface area contributed by atoms with E-state index in [-0.39, 0.29) is 16.9 Å². The Morgan fingerprint density at radius 3 is 2.50 bits per heavy atom. The highest BCUT2D eigenvalue weighted by Gasteiger charge is 2.13. The Labute approximate surface area is 102 Å². The molecule has 1 unspecified atom stereocenters. The molecule has 0 amide bonds. The largest absolute Gasteiger partial charge is 0.296 e. The first-order valence-corrected chi connectivity index (χ1v) is 6.95. The van der Waals surface area contributed by atoms with Crippen LogP contribution in [-0.4, -0.2) is 20.4 Å². The zero-order valence-electron chi connectivity index (χ0n) is 9.10. The fourth-order valence-electron chi connectivity index (χ4n) is 1.19. The number of rotatable bonds is 6. The van der Waals surface area contributed by atoms with Crippen LogP contribution in [0.1, 0.15) is 19.8 Å². The first-order valence-electron chi connectivity index (χ1n) is 5.11.